The Balaban J connectivity index is 2.07. The van der Waals surface area contributed by atoms with E-state index in [0.717, 1.165) is 6.07 Å². The minimum absolute atomic E-state index is 0.0392. The number of alkyl halides is 5. The molecule has 1 amide bonds. The molecule has 2 aromatic rings. The van der Waals surface area contributed by atoms with Crippen molar-refractivity contribution < 1.29 is 39.9 Å². The van der Waals surface area contributed by atoms with Gasteiger partial charge in [0.1, 0.15) is 5.75 Å². The molecule has 160 valence electrons. The zero-order valence-corrected chi connectivity index (χ0v) is 15.7. The molecule has 0 atom stereocenters. The summed E-state index contributed by atoms with van der Waals surface area (Å²) in [4.78, 5) is 11.1. The molecule has 0 aromatic heterocycles. The van der Waals surface area contributed by atoms with Crippen molar-refractivity contribution in [3.8, 4) is 11.8 Å². The van der Waals surface area contributed by atoms with Crippen molar-refractivity contribution in [2.24, 2.45) is 0 Å². The molecule has 0 radical (unpaired) electrons. The van der Waals surface area contributed by atoms with Crippen LogP contribution < -0.4 is 9.46 Å². The van der Waals surface area contributed by atoms with Crippen LogP contribution in [0.15, 0.2) is 47.4 Å². The first-order valence-corrected chi connectivity index (χ1v) is 9.61. The molecule has 30 heavy (non-hydrogen) atoms. The van der Waals surface area contributed by atoms with E-state index in [9.17, 15) is 35.2 Å². The number of nitrogens with zero attached hydrogens (tertiary/aromatic N) is 1. The van der Waals surface area contributed by atoms with E-state index in [4.69, 9.17) is 5.26 Å². The van der Waals surface area contributed by atoms with E-state index in [1.165, 1.54) is 30.3 Å². The molecule has 0 spiro atoms. The van der Waals surface area contributed by atoms with Crippen LogP contribution >= 0.6 is 0 Å². The van der Waals surface area contributed by atoms with Crippen LogP contribution in [0.1, 0.15) is 23.1 Å². The summed E-state index contributed by atoms with van der Waals surface area (Å²) >= 11 is 0. The lowest BCUT2D eigenvalue weighted by Gasteiger charge is -2.12. The Hall–Kier alpha value is -3.20. The molecule has 1 N–H and O–H groups in total. The molecule has 0 bridgehead atoms. The quantitative estimate of drug-likeness (QED) is 0.653. The summed E-state index contributed by atoms with van der Waals surface area (Å²) in [6.45, 7) is -2.99. The first kappa shape index (κ1) is 23.1. The summed E-state index contributed by atoms with van der Waals surface area (Å²) in [6, 6.07) is 8.36. The van der Waals surface area contributed by atoms with Crippen molar-refractivity contribution in [1.29, 1.82) is 5.26 Å². The van der Waals surface area contributed by atoms with Gasteiger partial charge in [-0.2, -0.15) is 27.2 Å². The number of sulfonamides is 1. The second kappa shape index (κ2) is 9.08. The zero-order chi connectivity index (χ0) is 22.5. The fourth-order valence-electron chi connectivity index (χ4n) is 2.38. The maximum Gasteiger partial charge on any atom is 0.417 e. The normalized spacial score (nSPS) is 11.8. The Labute approximate surface area is 167 Å². The van der Waals surface area contributed by atoms with E-state index in [1.54, 1.807) is 4.72 Å². The van der Waals surface area contributed by atoms with E-state index in [2.05, 4.69) is 4.74 Å². The lowest BCUT2D eigenvalue weighted by molar-refractivity contribution is -0.138. The third-order valence-electron chi connectivity index (χ3n) is 3.76. The summed E-state index contributed by atoms with van der Waals surface area (Å²) in [5.74, 6) is -1.08. The largest absolute Gasteiger partial charge is 0.435 e. The van der Waals surface area contributed by atoms with Gasteiger partial charge in [-0.15, -0.1) is 0 Å². The number of rotatable bonds is 7. The Bertz CT molecular complexity index is 1060. The maximum atomic E-state index is 13.0. The number of halogens is 5. The SMILES string of the molecule is N#Cc1ccc(S(=O)(=O)NC(=O)CCc2ccc(OC(F)F)cc2)cc1C(F)(F)F. The van der Waals surface area contributed by atoms with Gasteiger partial charge in [0.2, 0.25) is 5.91 Å². The number of nitrogens with one attached hydrogen (secondary N) is 1. The van der Waals surface area contributed by atoms with Crippen molar-refractivity contribution in [3.05, 3.63) is 59.2 Å². The average Bonchev–Trinajstić information content (AvgIpc) is 2.65. The number of carbonyl (C=O) groups is 1. The Morgan fingerprint density at radius 2 is 1.77 bits per heavy atom. The molecular formula is C18H13F5N2O4S. The van der Waals surface area contributed by atoms with Crippen LogP contribution in [-0.2, 0) is 27.4 Å². The Morgan fingerprint density at radius 3 is 2.30 bits per heavy atom. The molecule has 12 heteroatoms. The number of hydrogen-bond acceptors (Lipinski definition) is 5. The van der Waals surface area contributed by atoms with Crippen molar-refractivity contribution in [3.63, 3.8) is 0 Å². The number of carbonyl (C=O) groups excluding carboxylic acids is 1. The topological polar surface area (TPSA) is 96.3 Å². The van der Waals surface area contributed by atoms with Crippen molar-refractivity contribution in [2.45, 2.75) is 30.5 Å². The van der Waals surface area contributed by atoms with Crippen LogP contribution in [0.4, 0.5) is 22.0 Å². The minimum Gasteiger partial charge on any atom is -0.435 e. The molecule has 0 aliphatic carbocycles. The van der Waals surface area contributed by atoms with E-state index in [1.807, 2.05) is 0 Å². The molecular weight excluding hydrogens is 435 g/mol. The number of nitriles is 1. The lowest BCUT2D eigenvalue weighted by Crippen LogP contribution is -2.31. The first-order valence-electron chi connectivity index (χ1n) is 8.13. The maximum absolute atomic E-state index is 13.0. The van der Waals surface area contributed by atoms with E-state index in [0.29, 0.717) is 11.6 Å². The van der Waals surface area contributed by atoms with Gasteiger partial charge in [0.15, 0.2) is 0 Å². The van der Waals surface area contributed by atoms with E-state index in [-0.39, 0.29) is 24.7 Å². The van der Waals surface area contributed by atoms with Gasteiger partial charge in [-0.1, -0.05) is 12.1 Å². The minimum atomic E-state index is -4.96. The van der Waals surface area contributed by atoms with Gasteiger partial charge in [0, 0.05) is 6.42 Å². The van der Waals surface area contributed by atoms with Gasteiger partial charge in [-0.25, -0.2) is 13.1 Å². The fraction of sp³-hybridized carbons (Fsp3) is 0.222. The monoisotopic (exact) mass is 448 g/mol. The number of benzene rings is 2. The summed E-state index contributed by atoms with van der Waals surface area (Å²) in [5, 5.41) is 8.74. The predicted octanol–water partition coefficient (Wildman–Crippen LogP) is 3.62. The molecule has 0 unspecified atom stereocenters. The number of aryl methyl sites for hydroxylation is 1. The average molecular weight is 448 g/mol. The summed E-state index contributed by atoms with van der Waals surface area (Å²) < 4.78 is 93.4. The third-order valence-corrected chi connectivity index (χ3v) is 5.14. The van der Waals surface area contributed by atoms with Crippen LogP contribution in [0.2, 0.25) is 0 Å². The summed E-state index contributed by atoms with van der Waals surface area (Å²) in [6.07, 6.45) is -5.25. The van der Waals surface area contributed by atoms with Crippen molar-refractivity contribution in [1.82, 2.24) is 4.72 Å². The number of ether oxygens (including phenoxy) is 1. The highest BCUT2D eigenvalue weighted by Crippen LogP contribution is 2.33. The molecule has 0 aliphatic rings. The van der Waals surface area contributed by atoms with Crippen molar-refractivity contribution >= 4 is 15.9 Å². The lowest BCUT2D eigenvalue weighted by atomic mass is 10.1. The van der Waals surface area contributed by atoms with Crippen LogP contribution in [0, 0.1) is 11.3 Å². The zero-order valence-electron chi connectivity index (χ0n) is 14.9. The number of amides is 1. The van der Waals surface area contributed by atoms with Crippen LogP contribution in [0.25, 0.3) is 0 Å². The number of hydrogen-bond donors (Lipinski definition) is 1. The highest BCUT2D eigenvalue weighted by Gasteiger charge is 2.35. The Morgan fingerprint density at radius 1 is 1.13 bits per heavy atom. The second-order valence-electron chi connectivity index (χ2n) is 5.87. The van der Waals surface area contributed by atoms with Gasteiger partial charge in [0.05, 0.1) is 22.1 Å². The molecule has 2 aromatic carbocycles. The van der Waals surface area contributed by atoms with Gasteiger partial charge in [0.25, 0.3) is 10.0 Å². The van der Waals surface area contributed by atoms with E-state index >= 15 is 0 Å². The van der Waals surface area contributed by atoms with Crippen LogP contribution in [0.3, 0.4) is 0 Å². The summed E-state index contributed by atoms with van der Waals surface area (Å²) in [5.41, 5.74) is -1.68. The molecule has 0 aliphatic heterocycles. The highest BCUT2D eigenvalue weighted by molar-refractivity contribution is 7.90. The fourth-order valence-corrected chi connectivity index (χ4v) is 3.42. The molecule has 0 heterocycles. The molecule has 2 rings (SSSR count). The highest BCUT2D eigenvalue weighted by atomic mass is 32.2. The molecule has 0 saturated carbocycles. The van der Waals surface area contributed by atoms with Gasteiger partial charge < -0.3 is 4.74 Å². The van der Waals surface area contributed by atoms with E-state index < -0.39 is 44.7 Å². The smallest absolute Gasteiger partial charge is 0.417 e. The van der Waals surface area contributed by atoms with Crippen LogP contribution in [-0.4, -0.2) is 20.9 Å². The van der Waals surface area contributed by atoms with Gasteiger partial charge >= 0.3 is 12.8 Å². The Kier molecular flexibility index (Phi) is 6.99. The summed E-state index contributed by atoms with van der Waals surface area (Å²) in [7, 11) is -4.60. The van der Waals surface area contributed by atoms with Crippen LogP contribution in [0.5, 0.6) is 5.75 Å². The second-order valence-corrected chi connectivity index (χ2v) is 7.55. The molecule has 6 nitrogen and oxygen atoms in total. The standard InChI is InChI=1S/C18H13F5N2O4S/c19-17(20)29-13-5-1-11(2-6-13)3-8-16(26)25-30(27,28)14-7-4-12(10-24)15(9-14)18(21,22)23/h1-2,4-7,9,17H,3,8H2,(H,25,26). The van der Waals surface area contributed by atoms with Gasteiger partial charge in [-0.3, -0.25) is 4.79 Å². The first-order chi connectivity index (χ1) is 13.9. The predicted molar refractivity (Wildman–Crippen MR) is 92.9 cm³/mol. The van der Waals surface area contributed by atoms with Crippen molar-refractivity contribution in [2.75, 3.05) is 0 Å². The van der Waals surface area contributed by atoms with Gasteiger partial charge in [-0.05, 0) is 42.3 Å². The molecule has 0 saturated heterocycles. The molecule has 0 fully saturated rings. The third kappa shape index (κ3) is 6.15.